The van der Waals surface area contributed by atoms with Crippen molar-refractivity contribution in [3.8, 4) is 0 Å². The van der Waals surface area contributed by atoms with Crippen LogP contribution in [0.3, 0.4) is 0 Å². The van der Waals surface area contributed by atoms with Crippen LogP contribution < -0.4 is 5.32 Å². The SMILES string of the molecule is Cc1cc(C(=O)N(C)CC2CCCNC2)c(C)o1. The number of hydrogen-bond acceptors (Lipinski definition) is 3. The summed E-state index contributed by atoms with van der Waals surface area (Å²) < 4.78 is 5.42. The van der Waals surface area contributed by atoms with Crippen LogP contribution in [-0.4, -0.2) is 37.5 Å². The second-order valence-corrected chi connectivity index (χ2v) is 5.22. The van der Waals surface area contributed by atoms with Crippen molar-refractivity contribution in [2.45, 2.75) is 26.7 Å². The van der Waals surface area contributed by atoms with E-state index in [9.17, 15) is 4.79 Å². The fourth-order valence-electron chi connectivity index (χ4n) is 2.60. The van der Waals surface area contributed by atoms with Crippen LogP contribution in [0.25, 0.3) is 0 Å². The summed E-state index contributed by atoms with van der Waals surface area (Å²) in [6, 6.07) is 1.83. The van der Waals surface area contributed by atoms with Gasteiger partial charge in [-0.2, -0.15) is 0 Å². The number of aryl methyl sites for hydroxylation is 2. The van der Waals surface area contributed by atoms with Gasteiger partial charge >= 0.3 is 0 Å². The molecule has 0 radical (unpaired) electrons. The molecule has 1 fully saturated rings. The number of rotatable bonds is 3. The van der Waals surface area contributed by atoms with Crippen molar-refractivity contribution >= 4 is 5.91 Å². The van der Waals surface area contributed by atoms with Crippen molar-refractivity contribution in [1.29, 1.82) is 0 Å². The molecule has 4 nitrogen and oxygen atoms in total. The second-order valence-electron chi connectivity index (χ2n) is 5.22. The molecule has 0 saturated carbocycles. The van der Waals surface area contributed by atoms with Crippen LogP contribution in [0, 0.1) is 19.8 Å². The van der Waals surface area contributed by atoms with Crippen molar-refractivity contribution < 1.29 is 9.21 Å². The molecular formula is C14H22N2O2. The monoisotopic (exact) mass is 250 g/mol. The highest BCUT2D eigenvalue weighted by Gasteiger charge is 2.21. The van der Waals surface area contributed by atoms with Crippen molar-refractivity contribution in [2.24, 2.45) is 5.92 Å². The van der Waals surface area contributed by atoms with E-state index in [1.807, 2.05) is 31.9 Å². The number of amides is 1. The van der Waals surface area contributed by atoms with E-state index in [0.29, 0.717) is 17.2 Å². The summed E-state index contributed by atoms with van der Waals surface area (Å²) in [6.07, 6.45) is 2.41. The molecule has 1 aromatic heterocycles. The largest absolute Gasteiger partial charge is 0.466 e. The molecule has 1 aliphatic heterocycles. The molecule has 0 spiro atoms. The number of hydrogen-bond donors (Lipinski definition) is 1. The highest BCUT2D eigenvalue weighted by atomic mass is 16.3. The van der Waals surface area contributed by atoms with Crippen LogP contribution in [0.4, 0.5) is 0 Å². The van der Waals surface area contributed by atoms with Gasteiger partial charge in [0.15, 0.2) is 0 Å². The number of nitrogens with zero attached hydrogens (tertiary/aromatic N) is 1. The highest BCUT2D eigenvalue weighted by molar-refractivity contribution is 5.95. The Morgan fingerprint density at radius 3 is 2.89 bits per heavy atom. The van der Waals surface area contributed by atoms with Gasteiger partial charge in [-0.15, -0.1) is 0 Å². The van der Waals surface area contributed by atoms with Gasteiger partial charge in [0.1, 0.15) is 11.5 Å². The first-order valence-electron chi connectivity index (χ1n) is 6.61. The van der Waals surface area contributed by atoms with Gasteiger partial charge in [-0.25, -0.2) is 0 Å². The average Bonchev–Trinajstić information content (AvgIpc) is 2.68. The van der Waals surface area contributed by atoms with Gasteiger partial charge in [-0.05, 0) is 51.8 Å². The Bertz CT molecular complexity index is 419. The number of piperidine rings is 1. The number of carbonyl (C=O) groups excluding carboxylic acids is 1. The molecule has 1 N–H and O–H groups in total. The first-order valence-corrected chi connectivity index (χ1v) is 6.61. The van der Waals surface area contributed by atoms with E-state index in [1.54, 1.807) is 0 Å². The number of furan rings is 1. The first-order chi connectivity index (χ1) is 8.58. The van der Waals surface area contributed by atoms with Gasteiger partial charge in [0, 0.05) is 13.6 Å². The minimum atomic E-state index is 0.0647. The van der Waals surface area contributed by atoms with Gasteiger partial charge in [0.2, 0.25) is 0 Å². The van der Waals surface area contributed by atoms with Crippen molar-refractivity contribution in [2.75, 3.05) is 26.7 Å². The van der Waals surface area contributed by atoms with Crippen LogP contribution in [0.1, 0.15) is 34.7 Å². The van der Waals surface area contributed by atoms with E-state index >= 15 is 0 Å². The Balaban J connectivity index is 1.97. The van der Waals surface area contributed by atoms with Gasteiger partial charge in [-0.1, -0.05) is 0 Å². The predicted molar refractivity (Wildman–Crippen MR) is 70.7 cm³/mol. The van der Waals surface area contributed by atoms with Gasteiger partial charge in [-0.3, -0.25) is 4.79 Å². The molecule has 1 aliphatic rings. The summed E-state index contributed by atoms with van der Waals surface area (Å²) in [4.78, 5) is 14.1. The Morgan fingerprint density at radius 1 is 1.56 bits per heavy atom. The molecule has 1 atom stereocenters. The van der Waals surface area contributed by atoms with Crippen molar-refractivity contribution in [3.63, 3.8) is 0 Å². The smallest absolute Gasteiger partial charge is 0.257 e. The third-order valence-corrected chi connectivity index (χ3v) is 3.55. The summed E-state index contributed by atoms with van der Waals surface area (Å²) >= 11 is 0. The van der Waals surface area contributed by atoms with Crippen LogP contribution >= 0.6 is 0 Å². The average molecular weight is 250 g/mol. The molecule has 0 aromatic carbocycles. The molecule has 1 amide bonds. The van der Waals surface area contributed by atoms with E-state index in [1.165, 1.54) is 12.8 Å². The first kappa shape index (κ1) is 13.1. The Hall–Kier alpha value is -1.29. The normalized spacial score (nSPS) is 19.8. The van der Waals surface area contributed by atoms with Gasteiger partial charge in [0.25, 0.3) is 5.91 Å². The maximum Gasteiger partial charge on any atom is 0.257 e. The van der Waals surface area contributed by atoms with Gasteiger partial charge < -0.3 is 14.6 Å². The Kier molecular flexibility index (Phi) is 4.07. The lowest BCUT2D eigenvalue weighted by Crippen LogP contribution is -2.39. The van der Waals surface area contributed by atoms with Crippen LogP contribution in [0.2, 0.25) is 0 Å². The van der Waals surface area contributed by atoms with Crippen LogP contribution in [-0.2, 0) is 0 Å². The van der Waals surface area contributed by atoms with E-state index < -0.39 is 0 Å². The summed E-state index contributed by atoms with van der Waals surface area (Å²) in [5, 5.41) is 3.38. The zero-order valence-electron chi connectivity index (χ0n) is 11.5. The predicted octanol–water partition coefficient (Wildman–Crippen LogP) is 1.97. The van der Waals surface area contributed by atoms with E-state index in [0.717, 1.165) is 25.4 Å². The lowest BCUT2D eigenvalue weighted by molar-refractivity contribution is 0.0763. The minimum Gasteiger partial charge on any atom is -0.466 e. The summed E-state index contributed by atoms with van der Waals surface area (Å²) in [6.45, 7) is 6.65. The Labute approximate surface area is 108 Å². The molecule has 1 aromatic rings. The molecule has 1 unspecified atom stereocenters. The summed E-state index contributed by atoms with van der Waals surface area (Å²) in [7, 11) is 1.87. The Morgan fingerprint density at radius 2 is 2.33 bits per heavy atom. The van der Waals surface area contributed by atoms with Crippen molar-refractivity contribution in [1.82, 2.24) is 10.2 Å². The molecular weight excluding hydrogens is 228 g/mol. The molecule has 100 valence electrons. The molecule has 4 heteroatoms. The topological polar surface area (TPSA) is 45.5 Å². The molecule has 18 heavy (non-hydrogen) atoms. The third kappa shape index (κ3) is 2.93. The molecule has 2 heterocycles. The standard InChI is InChI=1S/C14H22N2O2/c1-10-7-13(11(2)18-10)14(17)16(3)9-12-5-4-6-15-8-12/h7,12,15H,4-6,8-9H2,1-3H3. The number of carbonyl (C=O) groups is 1. The lowest BCUT2D eigenvalue weighted by Gasteiger charge is -2.27. The van der Waals surface area contributed by atoms with E-state index in [-0.39, 0.29) is 5.91 Å². The summed E-state index contributed by atoms with van der Waals surface area (Å²) in [5.74, 6) is 2.14. The summed E-state index contributed by atoms with van der Waals surface area (Å²) in [5.41, 5.74) is 0.693. The highest BCUT2D eigenvalue weighted by Crippen LogP contribution is 2.17. The maximum atomic E-state index is 12.3. The van der Waals surface area contributed by atoms with E-state index in [2.05, 4.69) is 5.32 Å². The quantitative estimate of drug-likeness (QED) is 0.892. The van der Waals surface area contributed by atoms with Gasteiger partial charge in [0.05, 0.1) is 5.56 Å². The van der Waals surface area contributed by atoms with E-state index in [4.69, 9.17) is 4.42 Å². The third-order valence-electron chi connectivity index (χ3n) is 3.55. The van der Waals surface area contributed by atoms with Crippen LogP contribution in [0.15, 0.2) is 10.5 Å². The molecule has 0 aliphatic carbocycles. The fourth-order valence-corrected chi connectivity index (χ4v) is 2.60. The maximum absolute atomic E-state index is 12.3. The molecule has 2 rings (SSSR count). The van der Waals surface area contributed by atoms with Crippen molar-refractivity contribution in [3.05, 3.63) is 23.2 Å². The molecule has 1 saturated heterocycles. The van der Waals surface area contributed by atoms with Crippen LogP contribution in [0.5, 0.6) is 0 Å². The lowest BCUT2D eigenvalue weighted by atomic mass is 9.99. The zero-order chi connectivity index (χ0) is 13.1. The molecule has 0 bridgehead atoms. The second kappa shape index (κ2) is 5.57. The fraction of sp³-hybridized carbons (Fsp3) is 0.643. The minimum absolute atomic E-state index is 0.0647. The zero-order valence-corrected chi connectivity index (χ0v) is 11.5. The number of nitrogens with one attached hydrogen (secondary N) is 1.